The number of benzene rings is 1. The third-order valence-electron chi connectivity index (χ3n) is 3.38. The second-order valence-corrected chi connectivity index (χ2v) is 4.87. The van der Waals surface area contributed by atoms with Crippen molar-refractivity contribution < 1.29 is 9.53 Å². The minimum atomic E-state index is 0.410. The quantitative estimate of drug-likeness (QED) is 0.720. The highest BCUT2D eigenvalue weighted by atomic mass is 16.5. The summed E-state index contributed by atoms with van der Waals surface area (Å²) in [6, 6.07) is 7.97. The van der Waals surface area contributed by atoms with E-state index in [0.717, 1.165) is 30.9 Å². The van der Waals surface area contributed by atoms with E-state index < -0.39 is 0 Å². The first-order valence-corrected chi connectivity index (χ1v) is 6.42. The van der Waals surface area contributed by atoms with Gasteiger partial charge < -0.3 is 4.74 Å². The fraction of sp³-hybridized carbons (Fsp3) is 0.533. The van der Waals surface area contributed by atoms with Gasteiger partial charge >= 0.3 is 0 Å². The van der Waals surface area contributed by atoms with E-state index in [4.69, 9.17) is 4.74 Å². The highest BCUT2D eigenvalue weighted by Crippen LogP contribution is 2.33. The third-order valence-corrected chi connectivity index (χ3v) is 3.38. The lowest BCUT2D eigenvalue weighted by molar-refractivity contribution is -0.119. The van der Waals surface area contributed by atoms with Gasteiger partial charge in [-0.2, -0.15) is 0 Å². The van der Waals surface area contributed by atoms with Crippen LogP contribution < -0.4 is 4.74 Å². The first-order chi connectivity index (χ1) is 8.28. The molecule has 2 rings (SSSR count). The summed E-state index contributed by atoms with van der Waals surface area (Å²) < 4.78 is 5.10. The molecule has 2 heteroatoms. The van der Waals surface area contributed by atoms with E-state index in [9.17, 15) is 4.79 Å². The summed E-state index contributed by atoms with van der Waals surface area (Å²) in [6.07, 6.45) is 6.10. The van der Waals surface area contributed by atoms with E-state index in [0.29, 0.717) is 12.2 Å². The Kier molecular flexibility index (Phi) is 4.18. The molecule has 0 spiro atoms. The molecule has 0 N–H and O–H groups in total. The van der Waals surface area contributed by atoms with Gasteiger partial charge in [0.25, 0.3) is 0 Å². The molecule has 1 saturated carbocycles. The van der Waals surface area contributed by atoms with Gasteiger partial charge in [0.1, 0.15) is 11.5 Å². The van der Waals surface area contributed by atoms with E-state index in [1.54, 1.807) is 7.11 Å². The summed E-state index contributed by atoms with van der Waals surface area (Å²) in [6.45, 7) is 0. The molecule has 0 aliphatic heterocycles. The molecule has 1 aromatic carbocycles. The number of hydrogen-bond acceptors (Lipinski definition) is 2. The van der Waals surface area contributed by atoms with Crippen molar-refractivity contribution >= 4 is 5.78 Å². The summed E-state index contributed by atoms with van der Waals surface area (Å²) in [7, 11) is 1.66. The first kappa shape index (κ1) is 12.2. The third kappa shape index (κ3) is 4.22. The Morgan fingerprint density at radius 2 is 1.94 bits per heavy atom. The van der Waals surface area contributed by atoms with Crippen LogP contribution in [0.25, 0.3) is 0 Å². The van der Waals surface area contributed by atoms with E-state index >= 15 is 0 Å². The predicted octanol–water partition coefficient (Wildman–Crippen LogP) is 3.39. The minimum absolute atomic E-state index is 0.410. The van der Waals surface area contributed by atoms with Crippen molar-refractivity contribution in [3.63, 3.8) is 0 Å². The van der Waals surface area contributed by atoms with Crippen LogP contribution in [0, 0.1) is 5.92 Å². The lowest BCUT2D eigenvalue weighted by atomic mass is 10.0. The van der Waals surface area contributed by atoms with Crippen molar-refractivity contribution in [2.24, 2.45) is 5.92 Å². The predicted molar refractivity (Wildman–Crippen MR) is 68.3 cm³/mol. The van der Waals surface area contributed by atoms with Gasteiger partial charge in [-0.3, -0.25) is 4.79 Å². The smallest absolute Gasteiger partial charge is 0.133 e. The van der Waals surface area contributed by atoms with Crippen molar-refractivity contribution in [3.05, 3.63) is 29.8 Å². The van der Waals surface area contributed by atoms with E-state index in [1.807, 2.05) is 24.3 Å². The number of rotatable bonds is 7. The van der Waals surface area contributed by atoms with Gasteiger partial charge in [0.15, 0.2) is 0 Å². The molecular weight excluding hydrogens is 212 g/mol. The fourth-order valence-electron chi connectivity index (χ4n) is 1.97. The van der Waals surface area contributed by atoms with Crippen molar-refractivity contribution in [3.8, 4) is 5.75 Å². The molecular formula is C15H20O2. The number of Topliss-reactive ketones (excluding diaryl/α,β-unsaturated/α-hetero) is 1. The molecule has 0 atom stereocenters. The average Bonchev–Trinajstić information content (AvgIpc) is 3.18. The van der Waals surface area contributed by atoms with Gasteiger partial charge in [-0.05, 0) is 36.5 Å². The number of carbonyl (C=O) groups is 1. The Morgan fingerprint density at radius 3 is 2.53 bits per heavy atom. The molecule has 1 aliphatic rings. The zero-order valence-corrected chi connectivity index (χ0v) is 10.4. The van der Waals surface area contributed by atoms with Crippen LogP contribution in [0.15, 0.2) is 24.3 Å². The molecule has 1 fully saturated rings. The van der Waals surface area contributed by atoms with E-state index in [2.05, 4.69) is 0 Å². The summed E-state index contributed by atoms with van der Waals surface area (Å²) in [5.74, 6) is 2.14. The van der Waals surface area contributed by atoms with Crippen molar-refractivity contribution in [2.45, 2.75) is 38.5 Å². The maximum atomic E-state index is 11.6. The van der Waals surface area contributed by atoms with Gasteiger partial charge in [0.2, 0.25) is 0 Å². The first-order valence-electron chi connectivity index (χ1n) is 6.42. The molecule has 1 aliphatic carbocycles. The number of methoxy groups -OCH3 is 1. The molecule has 0 saturated heterocycles. The minimum Gasteiger partial charge on any atom is -0.497 e. The summed E-state index contributed by atoms with van der Waals surface area (Å²) in [5.41, 5.74) is 1.21. The van der Waals surface area contributed by atoms with Gasteiger partial charge in [0.05, 0.1) is 7.11 Å². The fourth-order valence-corrected chi connectivity index (χ4v) is 1.97. The Morgan fingerprint density at radius 1 is 1.24 bits per heavy atom. The average molecular weight is 232 g/mol. The SMILES string of the molecule is COc1ccc(CCC(=O)CCC2CC2)cc1. The Bertz CT molecular complexity index is 363. The summed E-state index contributed by atoms with van der Waals surface area (Å²) in [5, 5.41) is 0. The van der Waals surface area contributed by atoms with Gasteiger partial charge in [-0.1, -0.05) is 25.0 Å². The van der Waals surface area contributed by atoms with Crippen molar-refractivity contribution in [1.29, 1.82) is 0 Å². The number of aryl methyl sites for hydroxylation is 1. The summed E-state index contributed by atoms with van der Waals surface area (Å²) in [4.78, 5) is 11.6. The molecule has 17 heavy (non-hydrogen) atoms. The van der Waals surface area contributed by atoms with Gasteiger partial charge in [-0.15, -0.1) is 0 Å². The number of carbonyl (C=O) groups excluding carboxylic acids is 1. The van der Waals surface area contributed by atoms with Crippen LogP contribution in [-0.2, 0) is 11.2 Å². The Balaban J connectivity index is 1.70. The Labute approximate surface area is 103 Å². The normalized spacial score (nSPS) is 14.6. The molecule has 0 aromatic heterocycles. The van der Waals surface area contributed by atoms with Crippen LogP contribution in [0.2, 0.25) is 0 Å². The zero-order valence-electron chi connectivity index (χ0n) is 10.4. The lowest BCUT2D eigenvalue weighted by Crippen LogP contribution is -2.00. The monoisotopic (exact) mass is 232 g/mol. The molecule has 0 heterocycles. The highest BCUT2D eigenvalue weighted by molar-refractivity contribution is 5.78. The van der Waals surface area contributed by atoms with Crippen LogP contribution in [0.5, 0.6) is 5.75 Å². The Hall–Kier alpha value is -1.31. The molecule has 0 radical (unpaired) electrons. The second-order valence-electron chi connectivity index (χ2n) is 4.87. The lowest BCUT2D eigenvalue weighted by Gasteiger charge is -2.03. The molecule has 2 nitrogen and oxygen atoms in total. The van der Waals surface area contributed by atoms with E-state index in [1.165, 1.54) is 18.4 Å². The van der Waals surface area contributed by atoms with E-state index in [-0.39, 0.29) is 0 Å². The maximum Gasteiger partial charge on any atom is 0.133 e. The largest absolute Gasteiger partial charge is 0.497 e. The molecule has 1 aromatic rings. The van der Waals surface area contributed by atoms with Gasteiger partial charge in [0, 0.05) is 12.8 Å². The zero-order chi connectivity index (χ0) is 12.1. The van der Waals surface area contributed by atoms with Crippen LogP contribution in [-0.4, -0.2) is 12.9 Å². The molecule has 0 bridgehead atoms. The molecule has 92 valence electrons. The second kappa shape index (κ2) is 5.85. The van der Waals surface area contributed by atoms with Crippen LogP contribution in [0.1, 0.15) is 37.7 Å². The molecule has 0 unspecified atom stereocenters. The van der Waals surface area contributed by atoms with Crippen molar-refractivity contribution in [2.75, 3.05) is 7.11 Å². The maximum absolute atomic E-state index is 11.6. The van der Waals surface area contributed by atoms with Crippen molar-refractivity contribution in [1.82, 2.24) is 0 Å². The number of ketones is 1. The summed E-state index contributed by atoms with van der Waals surface area (Å²) >= 11 is 0. The van der Waals surface area contributed by atoms with Gasteiger partial charge in [-0.25, -0.2) is 0 Å². The number of hydrogen-bond donors (Lipinski definition) is 0. The highest BCUT2D eigenvalue weighted by Gasteiger charge is 2.21. The van der Waals surface area contributed by atoms with Crippen LogP contribution >= 0.6 is 0 Å². The molecule has 0 amide bonds. The number of ether oxygens (including phenoxy) is 1. The standard InChI is InChI=1S/C15H20O2/c1-17-15-10-6-13(7-11-15)5-9-14(16)8-4-12-2-3-12/h6-7,10-12H,2-5,8-9H2,1H3. The topological polar surface area (TPSA) is 26.3 Å². The van der Waals surface area contributed by atoms with Crippen LogP contribution in [0.4, 0.5) is 0 Å². The van der Waals surface area contributed by atoms with Crippen LogP contribution in [0.3, 0.4) is 0 Å².